The first-order valence-corrected chi connectivity index (χ1v) is 6.15. The summed E-state index contributed by atoms with van der Waals surface area (Å²) in [6.45, 7) is 11.3. The molecule has 0 heteroatoms. The molecular formula is C14H24. The molecule has 0 N–H and O–H groups in total. The van der Waals surface area contributed by atoms with Crippen LogP contribution in [0.15, 0.2) is 12.7 Å². The lowest BCUT2D eigenvalue weighted by Crippen LogP contribution is -2.37. The van der Waals surface area contributed by atoms with Crippen LogP contribution in [0.4, 0.5) is 0 Å². The van der Waals surface area contributed by atoms with Crippen molar-refractivity contribution in [3.05, 3.63) is 12.7 Å². The molecule has 80 valence electrons. The molecule has 0 heterocycles. The normalized spacial score (nSPS) is 42.5. The fraction of sp³-hybridized carbons (Fsp3) is 0.857. The van der Waals surface area contributed by atoms with Crippen molar-refractivity contribution in [3.63, 3.8) is 0 Å². The average molecular weight is 192 g/mol. The van der Waals surface area contributed by atoms with Crippen molar-refractivity contribution in [1.29, 1.82) is 0 Å². The van der Waals surface area contributed by atoms with Gasteiger partial charge in [-0.25, -0.2) is 0 Å². The minimum atomic E-state index is 0.316. The Labute approximate surface area is 88.8 Å². The number of allylic oxidation sites excluding steroid dienone is 1. The lowest BCUT2D eigenvalue weighted by molar-refractivity contribution is 0.0787. The SMILES string of the molecule is C=CC(C)(C)C1(C)CCC2CCCC21. The first kappa shape index (κ1) is 10.3. The van der Waals surface area contributed by atoms with Crippen LogP contribution in [0.1, 0.15) is 52.9 Å². The van der Waals surface area contributed by atoms with Crippen LogP contribution in [-0.2, 0) is 0 Å². The zero-order chi connectivity index (χ0) is 10.4. The number of fused-ring (bicyclic) bond motifs is 1. The molecule has 3 atom stereocenters. The van der Waals surface area contributed by atoms with Gasteiger partial charge in [-0.3, -0.25) is 0 Å². The van der Waals surface area contributed by atoms with Gasteiger partial charge in [0.25, 0.3) is 0 Å². The summed E-state index contributed by atoms with van der Waals surface area (Å²) in [5.41, 5.74) is 0.840. The summed E-state index contributed by atoms with van der Waals surface area (Å²) in [7, 11) is 0. The summed E-state index contributed by atoms with van der Waals surface area (Å²) in [4.78, 5) is 0. The molecule has 0 aliphatic heterocycles. The second-order valence-electron chi connectivity index (χ2n) is 6.18. The lowest BCUT2D eigenvalue weighted by Gasteiger charge is -2.44. The maximum atomic E-state index is 4.04. The van der Waals surface area contributed by atoms with Gasteiger partial charge >= 0.3 is 0 Å². The predicted molar refractivity (Wildman–Crippen MR) is 62.2 cm³/mol. The third-order valence-corrected chi connectivity index (χ3v) is 5.49. The molecule has 0 spiro atoms. The van der Waals surface area contributed by atoms with Crippen molar-refractivity contribution in [2.45, 2.75) is 52.9 Å². The molecule has 2 aliphatic carbocycles. The minimum Gasteiger partial charge on any atom is -0.103 e. The van der Waals surface area contributed by atoms with E-state index in [0.717, 1.165) is 11.8 Å². The Morgan fingerprint density at radius 2 is 2.00 bits per heavy atom. The fourth-order valence-corrected chi connectivity index (χ4v) is 3.92. The Morgan fingerprint density at radius 1 is 1.29 bits per heavy atom. The van der Waals surface area contributed by atoms with Gasteiger partial charge in [0.1, 0.15) is 0 Å². The van der Waals surface area contributed by atoms with Gasteiger partial charge in [0.05, 0.1) is 0 Å². The summed E-state index contributed by atoms with van der Waals surface area (Å²) in [6, 6.07) is 0. The standard InChI is InChI=1S/C14H24/c1-5-13(2,3)14(4)10-9-11-7-6-8-12(11)14/h5,11-12H,1,6-10H2,2-4H3. The van der Waals surface area contributed by atoms with Crippen molar-refractivity contribution in [3.8, 4) is 0 Å². The van der Waals surface area contributed by atoms with E-state index in [1.807, 2.05) is 0 Å². The smallest absolute Gasteiger partial charge is 0.0121 e. The number of hydrogen-bond acceptors (Lipinski definition) is 0. The van der Waals surface area contributed by atoms with E-state index in [2.05, 4.69) is 33.4 Å². The van der Waals surface area contributed by atoms with Crippen LogP contribution in [0.2, 0.25) is 0 Å². The predicted octanol–water partition coefficient (Wildman–Crippen LogP) is 4.42. The highest BCUT2D eigenvalue weighted by molar-refractivity contribution is 5.08. The van der Waals surface area contributed by atoms with Crippen molar-refractivity contribution >= 4 is 0 Å². The van der Waals surface area contributed by atoms with Crippen LogP contribution < -0.4 is 0 Å². The molecule has 0 amide bonds. The second-order valence-corrected chi connectivity index (χ2v) is 6.18. The summed E-state index contributed by atoms with van der Waals surface area (Å²) in [6.07, 6.45) is 9.51. The molecule has 14 heavy (non-hydrogen) atoms. The molecule has 0 nitrogen and oxygen atoms in total. The van der Waals surface area contributed by atoms with Gasteiger partial charge in [0, 0.05) is 0 Å². The Hall–Kier alpha value is -0.260. The van der Waals surface area contributed by atoms with Crippen LogP contribution in [0, 0.1) is 22.7 Å². The quantitative estimate of drug-likeness (QED) is 0.568. The maximum Gasteiger partial charge on any atom is -0.0121 e. The lowest BCUT2D eigenvalue weighted by atomic mass is 9.60. The molecule has 2 fully saturated rings. The molecule has 2 rings (SSSR count). The Morgan fingerprint density at radius 3 is 2.64 bits per heavy atom. The van der Waals surface area contributed by atoms with Crippen LogP contribution in [0.3, 0.4) is 0 Å². The van der Waals surface area contributed by atoms with E-state index >= 15 is 0 Å². The molecule has 0 aromatic carbocycles. The molecule has 0 aromatic rings. The van der Waals surface area contributed by atoms with Gasteiger partial charge in [-0.2, -0.15) is 0 Å². The van der Waals surface area contributed by atoms with Gasteiger partial charge in [-0.1, -0.05) is 39.7 Å². The van der Waals surface area contributed by atoms with Crippen LogP contribution >= 0.6 is 0 Å². The summed E-state index contributed by atoms with van der Waals surface area (Å²) < 4.78 is 0. The van der Waals surface area contributed by atoms with E-state index in [1.165, 1.54) is 32.1 Å². The Bertz CT molecular complexity index is 238. The van der Waals surface area contributed by atoms with E-state index in [1.54, 1.807) is 0 Å². The van der Waals surface area contributed by atoms with Crippen LogP contribution in [0.25, 0.3) is 0 Å². The number of rotatable bonds is 2. The number of hydrogen-bond donors (Lipinski definition) is 0. The van der Waals surface area contributed by atoms with Gasteiger partial charge in [0.2, 0.25) is 0 Å². The topological polar surface area (TPSA) is 0 Å². The third-order valence-electron chi connectivity index (χ3n) is 5.49. The molecule has 3 unspecified atom stereocenters. The van der Waals surface area contributed by atoms with E-state index in [4.69, 9.17) is 0 Å². The van der Waals surface area contributed by atoms with E-state index < -0.39 is 0 Å². The first-order chi connectivity index (χ1) is 6.51. The third kappa shape index (κ3) is 1.19. The molecule has 0 saturated heterocycles. The molecule has 2 saturated carbocycles. The van der Waals surface area contributed by atoms with Crippen molar-refractivity contribution in [2.24, 2.45) is 22.7 Å². The zero-order valence-corrected chi connectivity index (χ0v) is 9.97. The Kier molecular flexibility index (Phi) is 2.28. The van der Waals surface area contributed by atoms with Crippen molar-refractivity contribution < 1.29 is 0 Å². The summed E-state index contributed by atoms with van der Waals surface area (Å²) >= 11 is 0. The highest BCUT2D eigenvalue weighted by Gasteiger charge is 2.53. The maximum absolute atomic E-state index is 4.04. The van der Waals surface area contributed by atoms with Crippen LogP contribution in [-0.4, -0.2) is 0 Å². The fourth-order valence-electron chi connectivity index (χ4n) is 3.92. The van der Waals surface area contributed by atoms with Gasteiger partial charge in [-0.15, -0.1) is 6.58 Å². The molecule has 2 aliphatic rings. The molecule has 0 aromatic heterocycles. The van der Waals surface area contributed by atoms with Gasteiger partial charge in [0.15, 0.2) is 0 Å². The van der Waals surface area contributed by atoms with Gasteiger partial charge < -0.3 is 0 Å². The summed E-state index contributed by atoms with van der Waals surface area (Å²) in [5.74, 6) is 2.02. The molecular weight excluding hydrogens is 168 g/mol. The summed E-state index contributed by atoms with van der Waals surface area (Å²) in [5, 5.41) is 0. The van der Waals surface area contributed by atoms with Crippen LogP contribution in [0.5, 0.6) is 0 Å². The Balaban J connectivity index is 2.27. The molecule has 0 bridgehead atoms. The first-order valence-electron chi connectivity index (χ1n) is 6.15. The largest absolute Gasteiger partial charge is 0.103 e. The minimum absolute atomic E-state index is 0.316. The van der Waals surface area contributed by atoms with Gasteiger partial charge in [-0.05, 0) is 41.9 Å². The van der Waals surface area contributed by atoms with E-state index in [-0.39, 0.29) is 0 Å². The highest BCUT2D eigenvalue weighted by Crippen LogP contribution is 2.62. The van der Waals surface area contributed by atoms with Crippen molar-refractivity contribution in [1.82, 2.24) is 0 Å². The highest BCUT2D eigenvalue weighted by atomic mass is 14.6. The second kappa shape index (κ2) is 3.12. The zero-order valence-electron chi connectivity index (χ0n) is 9.97. The molecule has 0 radical (unpaired) electrons. The van der Waals surface area contributed by atoms with E-state index in [9.17, 15) is 0 Å². The van der Waals surface area contributed by atoms with Crippen molar-refractivity contribution in [2.75, 3.05) is 0 Å². The average Bonchev–Trinajstić information content (AvgIpc) is 2.70. The van der Waals surface area contributed by atoms with E-state index in [0.29, 0.717) is 10.8 Å². The monoisotopic (exact) mass is 192 g/mol.